The van der Waals surface area contributed by atoms with Crippen molar-refractivity contribution in [2.24, 2.45) is 13.0 Å². The summed E-state index contributed by atoms with van der Waals surface area (Å²) in [7, 11) is -1.27. The summed E-state index contributed by atoms with van der Waals surface area (Å²) in [5.74, 6) is 0.539. The molecule has 1 aliphatic rings. The number of sulfonamides is 1. The second-order valence-electron chi connectivity index (χ2n) is 5.67. The Bertz CT molecular complexity index is 603. The van der Waals surface area contributed by atoms with E-state index < -0.39 is 10.0 Å². The van der Waals surface area contributed by atoms with Gasteiger partial charge in [-0.1, -0.05) is 0 Å². The van der Waals surface area contributed by atoms with Crippen LogP contribution in [0.4, 0.5) is 0 Å². The number of unbranched alkanes of at least 4 members (excludes halogenated alkanes) is 2. The van der Waals surface area contributed by atoms with Crippen molar-refractivity contribution in [2.75, 3.05) is 18.8 Å². The minimum absolute atomic E-state index is 0.161. The zero-order valence-corrected chi connectivity index (χ0v) is 13.2. The molecule has 0 unspecified atom stereocenters. The lowest BCUT2D eigenvalue weighted by Crippen LogP contribution is -2.31. The number of nitrogens with zero attached hydrogens (tertiary/aromatic N) is 4. The van der Waals surface area contributed by atoms with Crippen LogP contribution in [0.5, 0.6) is 0 Å². The quantitative estimate of drug-likeness (QED) is 0.711. The number of hydrogen-bond acceptors (Lipinski definition) is 4. The highest BCUT2D eigenvalue weighted by molar-refractivity contribution is 7.89. The molecule has 0 aliphatic carbocycles. The maximum Gasteiger partial charge on any atom is 0.214 e. The molecule has 1 atom stereocenters. The van der Waals surface area contributed by atoms with E-state index in [1.54, 1.807) is 8.99 Å². The number of aryl methyl sites for hydroxylation is 1. The number of nitriles is 1. The summed E-state index contributed by atoms with van der Waals surface area (Å²) < 4.78 is 27.8. The van der Waals surface area contributed by atoms with E-state index in [0.29, 0.717) is 38.3 Å². The van der Waals surface area contributed by atoms with Crippen molar-refractivity contribution in [1.29, 1.82) is 5.26 Å². The van der Waals surface area contributed by atoms with Crippen LogP contribution < -0.4 is 0 Å². The zero-order chi connectivity index (χ0) is 15.3. The van der Waals surface area contributed by atoms with E-state index in [4.69, 9.17) is 5.26 Å². The van der Waals surface area contributed by atoms with Crippen LogP contribution in [0.15, 0.2) is 12.4 Å². The topological polar surface area (TPSA) is 79.0 Å². The highest BCUT2D eigenvalue weighted by Gasteiger charge is 2.30. The molecule has 0 saturated carbocycles. The molecule has 1 saturated heterocycles. The molecule has 0 radical (unpaired) electrons. The van der Waals surface area contributed by atoms with Crippen LogP contribution in [0.2, 0.25) is 0 Å². The standard InChI is InChI=1S/C14H22N4O2S/c1-17-11-14(10-16-17)9-13-5-7-18(12-13)21(19,20)8-4-2-3-6-15/h10-11,13H,2-5,7-9,12H2,1H3/t13-/m1/s1. The molecule has 1 aromatic heterocycles. The van der Waals surface area contributed by atoms with E-state index in [9.17, 15) is 8.42 Å². The maximum atomic E-state index is 12.2. The van der Waals surface area contributed by atoms with Crippen LogP contribution in [0.3, 0.4) is 0 Å². The molecule has 0 spiro atoms. The maximum absolute atomic E-state index is 12.2. The van der Waals surface area contributed by atoms with Crippen LogP contribution in [0.1, 0.15) is 31.2 Å². The first kappa shape index (κ1) is 16.0. The van der Waals surface area contributed by atoms with Gasteiger partial charge in [0, 0.05) is 32.8 Å². The Morgan fingerprint density at radius 2 is 2.29 bits per heavy atom. The van der Waals surface area contributed by atoms with Gasteiger partial charge in [-0.3, -0.25) is 4.68 Å². The predicted octanol–water partition coefficient (Wildman–Crippen LogP) is 1.31. The minimum atomic E-state index is -3.16. The third kappa shape index (κ3) is 4.55. The highest BCUT2D eigenvalue weighted by atomic mass is 32.2. The third-order valence-corrected chi connectivity index (χ3v) is 5.79. The van der Waals surface area contributed by atoms with Gasteiger partial charge in [-0.2, -0.15) is 10.4 Å². The van der Waals surface area contributed by atoms with Gasteiger partial charge in [0.15, 0.2) is 0 Å². The Kier molecular flexibility index (Phi) is 5.37. The molecule has 0 N–H and O–H groups in total. The summed E-state index contributed by atoms with van der Waals surface area (Å²) in [6, 6.07) is 2.04. The summed E-state index contributed by atoms with van der Waals surface area (Å²) in [4.78, 5) is 0. The molecule has 0 amide bonds. The molecule has 2 heterocycles. The summed E-state index contributed by atoms with van der Waals surface area (Å²) in [5.41, 5.74) is 1.16. The molecular formula is C14H22N4O2S. The summed E-state index contributed by atoms with van der Waals surface area (Å²) in [5, 5.41) is 12.6. The Morgan fingerprint density at radius 3 is 2.95 bits per heavy atom. The Hall–Kier alpha value is -1.39. The van der Waals surface area contributed by atoms with Gasteiger partial charge in [0.25, 0.3) is 0 Å². The first-order chi connectivity index (χ1) is 10.0. The summed E-state index contributed by atoms with van der Waals surface area (Å²) in [6.07, 6.45) is 7.28. The monoisotopic (exact) mass is 310 g/mol. The largest absolute Gasteiger partial charge is 0.276 e. The van der Waals surface area contributed by atoms with Crippen LogP contribution in [0.25, 0.3) is 0 Å². The lowest BCUT2D eigenvalue weighted by Gasteiger charge is -2.16. The Morgan fingerprint density at radius 1 is 1.48 bits per heavy atom. The van der Waals surface area contributed by atoms with Crippen molar-refractivity contribution >= 4 is 10.0 Å². The predicted molar refractivity (Wildman–Crippen MR) is 79.8 cm³/mol. The molecule has 1 fully saturated rings. The van der Waals surface area contributed by atoms with Gasteiger partial charge in [0.1, 0.15) is 0 Å². The van der Waals surface area contributed by atoms with Crippen molar-refractivity contribution in [3.8, 4) is 6.07 Å². The molecule has 0 aromatic carbocycles. The number of hydrogen-bond donors (Lipinski definition) is 0. The lowest BCUT2D eigenvalue weighted by atomic mass is 10.0. The highest BCUT2D eigenvalue weighted by Crippen LogP contribution is 2.23. The van der Waals surface area contributed by atoms with Crippen molar-refractivity contribution < 1.29 is 8.42 Å². The zero-order valence-electron chi connectivity index (χ0n) is 12.4. The average molecular weight is 310 g/mol. The summed E-state index contributed by atoms with van der Waals surface area (Å²) >= 11 is 0. The van der Waals surface area contributed by atoms with Crippen molar-refractivity contribution in [1.82, 2.24) is 14.1 Å². The Balaban J connectivity index is 1.82. The van der Waals surface area contributed by atoms with E-state index in [2.05, 4.69) is 5.10 Å². The van der Waals surface area contributed by atoms with Gasteiger partial charge < -0.3 is 0 Å². The smallest absolute Gasteiger partial charge is 0.214 e. The first-order valence-corrected chi connectivity index (χ1v) is 8.94. The molecule has 7 heteroatoms. The van der Waals surface area contributed by atoms with Crippen molar-refractivity contribution in [3.63, 3.8) is 0 Å². The molecule has 1 aliphatic heterocycles. The minimum Gasteiger partial charge on any atom is -0.276 e. The second kappa shape index (κ2) is 7.05. The van der Waals surface area contributed by atoms with Crippen molar-refractivity contribution in [2.45, 2.75) is 32.1 Å². The van der Waals surface area contributed by atoms with E-state index in [-0.39, 0.29) is 5.75 Å². The molecule has 2 rings (SSSR count). The summed E-state index contributed by atoms with van der Waals surface area (Å²) in [6.45, 7) is 1.22. The van der Waals surface area contributed by atoms with Crippen LogP contribution in [0, 0.1) is 17.2 Å². The average Bonchev–Trinajstić information content (AvgIpc) is 3.05. The van der Waals surface area contributed by atoms with Crippen LogP contribution in [-0.2, 0) is 23.5 Å². The van der Waals surface area contributed by atoms with Crippen LogP contribution in [-0.4, -0.2) is 41.3 Å². The van der Waals surface area contributed by atoms with Crippen LogP contribution >= 0.6 is 0 Å². The molecule has 6 nitrogen and oxygen atoms in total. The van der Waals surface area contributed by atoms with Crippen molar-refractivity contribution in [3.05, 3.63) is 18.0 Å². The second-order valence-corrected chi connectivity index (χ2v) is 7.76. The SMILES string of the molecule is Cn1cc(C[C@H]2CCN(S(=O)(=O)CCCCC#N)C2)cn1. The van der Waals surface area contributed by atoms with Gasteiger partial charge in [-0.15, -0.1) is 0 Å². The van der Waals surface area contributed by atoms with Gasteiger partial charge in [0.2, 0.25) is 10.0 Å². The van der Waals surface area contributed by atoms with E-state index in [1.807, 2.05) is 25.5 Å². The van der Waals surface area contributed by atoms with Gasteiger partial charge >= 0.3 is 0 Å². The molecule has 0 bridgehead atoms. The number of aromatic nitrogens is 2. The molecule has 21 heavy (non-hydrogen) atoms. The number of rotatable bonds is 7. The Labute approximate surface area is 126 Å². The third-order valence-electron chi connectivity index (χ3n) is 3.87. The van der Waals surface area contributed by atoms with Gasteiger partial charge in [-0.25, -0.2) is 12.7 Å². The normalized spacial score (nSPS) is 19.7. The van der Waals surface area contributed by atoms with Gasteiger partial charge in [0.05, 0.1) is 18.0 Å². The fourth-order valence-corrected chi connectivity index (χ4v) is 4.39. The fourth-order valence-electron chi connectivity index (χ4n) is 2.74. The molecule has 1 aromatic rings. The van der Waals surface area contributed by atoms with E-state index in [0.717, 1.165) is 18.4 Å². The van der Waals surface area contributed by atoms with E-state index >= 15 is 0 Å². The van der Waals surface area contributed by atoms with Gasteiger partial charge in [-0.05, 0) is 37.2 Å². The lowest BCUT2D eigenvalue weighted by molar-refractivity contribution is 0.454. The molecule has 116 valence electrons. The van der Waals surface area contributed by atoms with E-state index in [1.165, 1.54) is 0 Å². The molecular weight excluding hydrogens is 288 g/mol. The first-order valence-electron chi connectivity index (χ1n) is 7.33. The fraction of sp³-hybridized carbons (Fsp3) is 0.714.